The van der Waals surface area contributed by atoms with Gasteiger partial charge in [0.15, 0.2) is 5.78 Å². The molecule has 0 aromatic heterocycles. The van der Waals surface area contributed by atoms with Gasteiger partial charge in [-0.05, 0) is 42.8 Å². The summed E-state index contributed by atoms with van der Waals surface area (Å²) in [6, 6.07) is 6.68. The minimum Gasteiger partial charge on any atom is -0.288 e. The summed E-state index contributed by atoms with van der Waals surface area (Å²) in [7, 11) is 0. The van der Waals surface area contributed by atoms with Crippen molar-refractivity contribution in [3.05, 3.63) is 68.9 Å². The summed E-state index contributed by atoms with van der Waals surface area (Å²) >= 11 is 3.07. The second-order valence-corrected chi connectivity index (χ2v) is 5.40. The van der Waals surface area contributed by atoms with Crippen molar-refractivity contribution in [2.75, 3.05) is 0 Å². The summed E-state index contributed by atoms with van der Waals surface area (Å²) in [4.78, 5) is 12.2. The normalized spacial score (nSPS) is 11.5. The van der Waals surface area contributed by atoms with Gasteiger partial charge < -0.3 is 0 Å². The Morgan fingerprint density at radius 3 is 2.19 bits per heavy atom. The average Bonchev–Trinajstić information content (AvgIpc) is 2.36. The molecule has 110 valence electrons. The SMILES string of the molecule is Cc1cc(C(F)(F)F)ccc1C(=O)c1ccc(Br)cc1F. The molecule has 0 bridgehead atoms. The highest BCUT2D eigenvalue weighted by Gasteiger charge is 2.31. The van der Waals surface area contributed by atoms with E-state index in [2.05, 4.69) is 15.9 Å². The Labute approximate surface area is 126 Å². The molecule has 2 rings (SSSR count). The summed E-state index contributed by atoms with van der Waals surface area (Å²) < 4.78 is 52.0. The molecule has 0 aliphatic carbocycles. The third kappa shape index (κ3) is 3.32. The molecule has 0 saturated carbocycles. The van der Waals surface area contributed by atoms with E-state index in [1.54, 1.807) is 0 Å². The fourth-order valence-electron chi connectivity index (χ4n) is 1.91. The molecular weight excluding hydrogens is 352 g/mol. The van der Waals surface area contributed by atoms with Crippen LogP contribution < -0.4 is 0 Å². The van der Waals surface area contributed by atoms with E-state index in [0.29, 0.717) is 4.47 Å². The number of alkyl halides is 3. The van der Waals surface area contributed by atoms with Crippen LogP contribution in [0.5, 0.6) is 0 Å². The third-order valence-corrected chi connectivity index (χ3v) is 3.47. The molecule has 0 atom stereocenters. The summed E-state index contributed by atoms with van der Waals surface area (Å²) in [5.41, 5.74) is -0.824. The molecule has 0 unspecified atom stereocenters. The van der Waals surface area contributed by atoms with E-state index in [0.717, 1.165) is 24.3 Å². The molecule has 2 aromatic carbocycles. The molecule has 0 N–H and O–H groups in total. The molecule has 0 saturated heterocycles. The molecule has 0 aliphatic rings. The van der Waals surface area contributed by atoms with Gasteiger partial charge in [-0.25, -0.2) is 4.39 Å². The predicted molar refractivity (Wildman–Crippen MR) is 73.7 cm³/mol. The Morgan fingerprint density at radius 2 is 1.67 bits per heavy atom. The Morgan fingerprint density at radius 1 is 1.05 bits per heavy atom. The zero-order chi connectivity index (χ0) is 15.8. The molecule has 0 fully saturated rings. The average molecular weight is 361 g/mol. The minimum absolute atomic E-state index is 0.0456. The number of halogens is 5. The second-order valence-electron chi connectivity index (χ2n) is 4.48. The number of rotatable bonds is 2. The number of carbonyl (C=O) groups excluding carboxylic acids is 1. The molecule has 21 heavy (non-hydrogen) atoms. The maximum Gasteiger partial charge on any atom is 0.416 e. The van der Waals surface area contributed by atoms with Crippen molar-refractivity contribution in [1.29, 1.82) is 0 Å². The first-order valence-corrected chi connectivity index (χ1v) is 6.67. The lowest BCUT2D eigenvalue weighted by atomic mass is 9.97. The first kappa shape index (κ1) is 15.7. The summed E-state index contributed by atoms with van der Waals surface area (Å²) in [6.07, 6.45) is -4.48. The lowest BCUT2D eigenvalue weighted by molar-refractivity contribution is -0.137. The van der Waals surface area contributed by atoms with E-state index < -0.39 is 23.3 Å². The van der Waals surface area contributed by atoms with Crippen molar-refractivity contribution < 1.29 is 22.4 Å². The van der Waals surface area contributed by atoms with Crippen molar-refractivity contribution in [3.8, 4) is 0 Å². The molecule has 1 nitrogen and oxygen atoms in total. The first-order chi connectivity index (χ1) is 9.70. The van der Waals surface area contributed by atoms with Crippen molar-refractivity contribution in [3.63, 3.8) is 0 Å². The number of hydrogen-bond donors (Lipinski definition) is 0. The van der Waals surface area contributed by atoms with Crippen LogP contribution in [0.4, 0.5) is 17.6 Å². The van der Waals surface area contributed by atoms with Crippen LogP contribution in [0.15, 0.2) is 40.9 Å². The van der Waals surface area contributed by atoms with Gasteiger partial charge >= 0.3 is 6.18 Å². The monoisotopic (exact) mass is 360 g/mol. The lowest BCUT2D eigenvalue weighted by Gasteiger charge is -2.11. The highest BCUT2D eigenvalue weighted by atomic mass is 79.9. The van der Waals surface area contributed by atoms with Crippen LogP contribution in [0.1, 0.15) is 27.0 Å². The first-order valence-electron chi connectivity index (χ1n) is 5.88. The predicted octanol–water partition coefficient (Wildman–Crippen LogP) is 5.15. The van der Waals surface area contributed by atoms with Crippen LogP contribution in [0, 0.1) is 12.7 Å². The van der Waals surface area contributed by atoms with Gasteiger partial charge in [-0.1, -0.05) is 22.0 Å². The molecule has 2 aromatic rings. The van der Waals surface area contributed by atoms with Crippen LogP contribution >= 0.6 is 15.9 Å². The van der Waals surface area contributed by atoms with Crippen LogP contribution in [0.3, 0.4) is 0 Å². The Hall–Kier alpha value is -1.69. The van der Waals surface area contributed by atoms with Crippen LogP contribution in [0.2, 0.25) is 0 Å². The zero-order valence-corrected chi connectivity index (χ0v) is 12.3. The van der Waals surface area contributed by atoms with Crippen LogP contribution in [-0.4, -0.2) is 5.78 Å². The largest absolute Gasteiger partial charge is 0.416 e. The van der Waals surface area contributed by atoms with Crippen molar-refractivity contribution >= 4 is 21.7 Å². The van der Waals surface area contributed by atoms with E-state index in [9.17, 15) is 22.4 Å². The van der Waals surface area contributed by atoms with Crippen molar-refractivity contribution in [1.82, 2.24) is 0 Å². The molecular formula is C15H9BrF4O. The number of carbonyl (C=O) groups is 1. The topological polar surface area (TPSA) is 17.1 Å². The molecule has 0 heterocycles. The lowest BCUT2D eigenvalue weighted by Crippen LogP contribution is -2.10. The second kappa shape index (κ2) is 5.60. The summed E-state index contributed by atoms with van der Waals surface area (Å²) in [6.45, 7) is 1.39. The molecule has 0 amide bonds. The maximum absolute atomic E-state index is 13.8. The van der Waals surface area contributed by atoms with Gasteiger partial charge in [-0.2, -0.15) is 13.2 Å². The molecule has 6 heteroatoms. The number of hydrogen-bond acceptors (Lipinski definition) is 1. The third-order valence-electron chi connectivity index (χ3n) is 2.97. The Bertz CT molecular complexity index is 707. The van der Waals surface area contributed by atoms with Crippen molar-refractivity contribution in [2.45, 2.75) is 13.1 Å². The van der Waals surface area contributed by atoms with Gasteiger partial charge in [0.1, 0.15) is 5.82 Å². The maximum atomic E-state index is 13.8. The Balaban J connectivity index is 2.45. The van der Waals surface area contributed by atoms with E-state index >= 15 is 0 Å². The molecule has 0 aliphatic heterocycles. The van der Waals surface area contributed by atoms with Gasteiger partial charge in [0.05, 0.1) is 11.1 Å². The molecule has 0 spiro atoms. The minimum atomic E-state index is -4.48. The van der Waals surface area contributed by atoms with Crippen molar-refractivity contribution in [2.24, 2.45) is 0 Å². The van der Waals surface area contributed by atoms with Gasteiger partial charge in [0.25, 0.3) is 0 Å². The van der Waals surface area contributed by atoms with Crippen LogP contribution in [0.25, 0.3) is 0 Å². The fraction of sp³-hybridized carbons (Fsp3) is 0.133. The van der Waals surface area contributed by atoms with Crippen LogP contribution in [-0.2, 0) is 6.18 Å². The highest BCUT2D eigenvalue weighted by molar-refractivity contribution is 9.10. The van der Waals surface area contributed by atoms with E-state index in [1.165, 1.54) is 19.1 Å². The van der Waals surface area contributed by atoms with Gasteiger partial charge in [-0.15, -0.1) is 0 Å². The van der Waals surface area contributed by atoms with Gasteiger partial charge in [-0.3, -0.25) is 4.79 Å². The number of benzene rings is 2. The smallest absolute Gasteiger partial charge is 0.288 e. The van der Waals surface area contributed by atoms with Gasteiger partial charge in [0.2, 0.25) is 0 Å². The van der Waals surface area contributed by atoms with Gasteiger partial charge in [0, 0.05) is 10.0 Å². The Kier molecular flexibility index (Phi) is 4.18. The standard InChI is InChI=1S/C15H9BrF4O/c1-8-6-9(15(18,19)20)2-4-11(8)14(21)12-5-3-10(16)7-13(12)17/h2-7H,1H3. The number of aryl methyl sites for hydroxylation is 1. The fourth-order valence-corrected chi connectivity index (χ4v) is 2.25. The summed E-state index contributed by atoms with van der Waals surface area (Å²) in [5.74, 6) is -1.38. The van der Waals surface area contributed by atoms with E-state index in [1.807, 2.05) is 0 Å². The summed E-state index contributed by atoms with van der Waals surface area (Å²) in [5, 5.41) is 0. The quantitative estimate of drug-likeness (QED) is 0.534. The van der Waals surface area contributed by atoms with E-state index in [-0.39, 0.29) is 16.7 Å². The van der Waals surface area contributed by atoms with E-state index in [4.69, 9.17) is 0 Å². The zero-order valence-electron chi connectivity index (χ0n) is 10.8. The number of ketones is 1. The molecule has 0 radical (unpaired) electrons. The highest BCUT2D eigenvalue weighted by Crippen LogP contribution is 2.31.